The highest BCUT2D eigenvalue weighted by Gasteiger charge is 2.31. The molecule has 9 heteroatoms. The van der Waals surface area contributed by atoms with Crippen molar-refractivity contribution in [3.05, 3.63) is 5.89 Å². The van der Waals surface area contributed by atoms with E-state index in [-0.39, 0.29) is 46.6 Å². The Balaban J connectivity index is 0.00000450. The third kappa shape index (κ3) is 8.55. The van der Waals surface area contributed by atoms with Gasteiger partial charge in [-0.2, -0.15) is 0 Å². The summed E-state index contributed by atoms with van der Waals surface area (Å²) < 4.78 is 5.54. The number of nitrogens with one attached hydrogen (secondary N) is 1. The first-order chi connectivity index (χ1) is 13.6. The van der Waals surface area contributed by atoms with E-state index in [0.717, 1.165) is 32.2 Å². The summed E-state index contributed by atoms with van der Waals surface area (Å²) in [6.45, 7) is 9.08. The summed E-state index contributed by atoms with van der Waals surface area (Å²) >= 11 is 1.45. The molecule has 30 heavy (non-hydrogen) atoms. The van der Waals surface area contributed by atoms with Crippen molar-refractivity contribution in [2.24, 2.45) is 11.8 Å². The van der Waals surface area contributed by atoms with Gasteiger partial charge in [0.1, 0.15) is 0 Å². The molecule has 1 aliphatic rings. The number of ketones is 1. The molecular weight excluding hydrogens is 424 g/mol. The Morgan fingerprint density at radius 1 is 1.20 bits per heavy atom. The Morgan fingerprint density at radius 3 is 2.40 bits per heavy atom. The summed E-state index contributed by atoms with van der Waals surface area (Å²) in [5, 5.41) is 11.4. The number of aromatic nitrogens is 2. The number of thioether (sulfide) groups is 1. The Morgan fingerprint density at radius 2 is 1.83 bits per heavy atom. The number of carbonyl (C=O) groups is 2. The van der Waals surface area contributed by atoms with Gasteiger partial charge >= 0.3 is 0 Å². The van der Waals surface area contributed by atoms with Crippen LogP contribution in [0, 0.1) is 11.8 Å². The Hall–Kier alpha value is -1.12. The predicted molar refractivity (Wildman–Crippen MR) is 122 cm³/mol. The van der Waals surface area contributed by atoms with Gasteiger partial charge in [-0.1, -0.05) is 44.9 Å². The van der Waals surface area contributed by atoms with E-state index in [0.29, 0.717) is 11.6 Å². The topological polar surface area (TPSA) is 88.3 Å². The highest BCUT2D eigenvalue weighted by atomic mass is 35.5. The van der Waals surface area contributed by atoms with Crippen molar-refractivity contribution in [1.82, 2.24) is 20.4 Å². The van der Waals surface area contributed by atoms with Crippen molar-refractivity contribution in [1.29, 1.82) is 0 Å². The van der Waals surface area contributed by atoms with Gasteiger partial charge in [0.25, 0.3) is 11.1 Å². The molecule has 2 rings (SSSR count). The molecule has 1 saturated carbocycles. The van der Waals surface area contributed by atoms with Crippen LogP contribution in [0.2, 0.25) is 0 Å². The molecular formula is C21H37ClN4O3S. The summed E-state index contributed by atoms with van der Waals surface area (Å²) in [4.78, 5) is 27.8. The molecule has 0 aliphatic heterocycles. The number of nitrogens with zero attached hydrogens (tertiary/aromatic N) is 3. The van der Waals surface area contributed by atoms with E-state index in [1.165, 1.54) is 18.2 Å². The van der Waals surface area contributed by atoms with E-state index in [9.17, 15) is 9.59 Å². The smallest absolute Gasteiger partial charge is 0.286 e. The Kier molecular flexibility index (Phi) is 10.8. The molecule has 7 nitrogen and oxygen atoms in total. The SMILES string of the molecule is CC(C)CC(NC(=O)C1CCCCC1)C(=O)c1nnc(SC(C)(C)CN(C)C)o1.Cl. The lowest BCUT2D eigenvalue weighted by atomic mass is 9.88. The fraction of sp³-hybridized carbons (Fsp3) is 0.810. The molecule has 172 valence electrons. The monoisotopic (exact) mass is 460 g/mol. The van der Waals surface area contributed by atoms with Gasteiger partial charge in [0.15, 0.2) is 0 Å². The van der Waals surface area contributed by atoms with E-state index in [1.54, 1.807) is 0 Å². The first kappa shape index (κ1) is 26.9. The second-order valence-electron chi connectivity index (χ2n) is 9.36. The zero-order valence-corrected chi connectivity index (χ0v) is 20.7. The summed E-state index contributed by atoms with van der Waals surface area (Å²) in [5.41, 5.74) is 0. The fourth-order valence-electron chi connectivity index (χ4n) is 3.89. The molecule has 0 bridgehead atoms. The molecule has 1 aliphatic carbocycles. The van der Waals surface area contributed by atoms with Gasteiger partial charge < -0.3 is 14.6 Å². The van der Waals surface area contributed by atoms with Gasteiger partial charge in [0, 0.05) is 17.2 Å². The van der Waals surface area contributed by atoms with Crippen LogP contribution in [0.5, 0.6) is 0 Å². The van der Waals surface area contributed by atoms with Crippen LogP contribution in [0.3, 0.4) is 0 Å². The van der Waals surface area contributed by atoms with Crippen LogP contribution in [-0.4, -0.2) is 58.2 Å². The van der Waals surface area contributed by atoms with Crippen LogP contribution < -0.4 is 5.32 Å². The molecule has 1 fully saturated rings. The molecule has 1 heterocycles. The van der Waals surface area contributed by atoms with Gasteiger partial charge in [-0.15, -0.1) is 22.6 Å². The molecule has 1 amide bonds. The average Bonchev–Trinajstić information content (AvgIpc) is 3.07. The maximum absolute atomic E-state index is 13.0. The first-order valence-electron chi connectivity index (χ1n) is 10.6. The van der Waals surface area contributed by atoms with E-state index < -0.39 is 6.04 Å². The minimum atomic E-state index is -0.627. The second kappa shape index (κ2) is 12.1. The van der Waals surface area contributed by atoms with Gasteiger partial charge in [0.05, 0.1) is 6.04 Å². The molecule has 1 unspecified atom stereocenters. The van der Waals surface area contributed by atoms with Crippen molar-refractivity contribution >= 4 is 35.9 Å². The zero-order chi connectivity index (χ0) is 21.6. The summed E-state index contributed by atoms with van der Waals surface area (Å²) in [5.74, 6) is -0.0847. The summed E-state index contributed by atoms with van der Waals surface area (Å²) in [6.07, 6.45) is 5.69. The van der Waals surface area contributed by atoms with Gasteiger partial charge in [-0.05, 0) is 53.1 Å². The largest absolute Gasteiger partial charge is 0.408 e. The molecule has 0 spiro atoms. The number of hydrogen-bond acceptors (Lipinski definition) is 7. The van der Waals surface area contributed by atoms with Gasteiger partial charge in [-0.3, -0.25) is 9.59 Å². The minimum Gasteiger partial charge on any atom is -0.408 e. The maximum Gasteiger partial charge on any atom is 0.286 e. The van der Waals surface area contributed by atoms with Crippen molar-refractivity contribution in [2.45, 2.75) is 82.2 Å². The Labute approximate surface area is 190 Å². The number of rotatable bonds is 10. The van der Waals surface area contributed by atoms with E-state index in [1.807, 2.05) is 27.9 Å². The maximum atomic E-state index is 13.0. The Bertz CT molecular complexity index is 688. The van der Waals surface area contributed by atoms with E-state index in [4.69, 9.17) is 4.42 Å². The van der Waals surface area contributed by atoms with Gasteiger partial charge in [0.2, 0.25) is 11.7 Å². The lowest BCUT2D eigenvalue weighted by Gasteiger charge is -2.25. The molecule has 0 saturated heterocycles. The van der Waals surface area contributed by atoms with Crippen LogP contribution >= 0.6 is 24.2 Å². The third-order valence-electron chi connectivity index (χ3n) is 4.99. The number of halogens is 1. The predicted octanol–water partition coefficient (Wildman–Crippen LogP) is 4.22. The van der Waals surface area contributed by atoms with Crippen LogP contribution in [-0.2, 0) is 4.79 Å². The van der Waals surface area contributed by atoms with Crippen LogP contribution in [0.1, 0.15) is 76.9 Å². The van der Waals surface area contributed by atoms with E-state index >= 15 is 0 Å². The number of carbonyl (C=O) groups excluding carboxylic acids is 2. The molecule has 0 radical (unpaired) electrons. The second-order valence-corrected chi connectivity index (χ2v) is 11.0. The fourth-order valence-corrected chi connectivity index (χ4v) is 4.88. The lowest BCUT2D eigenvalue weighted by molar-refractivity contribution is -0.126. The standard InChI is InChI=1S/C21H36N4O3S.ClH/c1-14(2)12-16(22-18(27)15-10-8-7-9-11-15)17(26)19-23-24-20(28-19)29-21(3,4)13-25(5)6;/h14-16H,7-13H2,1-6H3,(H,22,27);1H. The molecule has 0 aromatic carbocycles. The van der Waals surface area contributed by atoms with Crippen molar-refractivity contribution < 1.29 is 14.0 Å². The first-order valence-corrected chi connectivity index (χ1v) is 11.4. The van der Waals surface area contributed by atoms with Crippen molar-refractivity contribution in [3.8, 4) is 0 Å². The highest BCUT2D eigenvalue weighted by Crippen LogP contribution is 2.32. The molecule has 1 aromatic rings. The quantitative estimate of drug-likeness (QED) is 0.413. The van der Waals surface area contributed by atoms with Crippen LogP contribution in [0.25, 0.3) is 0 Å². The molecule has 1 aromatic heterocycles. The minimum absolute atomic E-state index is 0. The zero-order valence-electron chi connectivity index (χ0n) is 19.1. The highest BCUT2D eigenvalue weighted by molar-refractivity contribution is 8.00. The third-order valence-corrected chi connectivity index (χ3v) is 6.02. The van der Waals surface area contributed by atoms with Crippen LogP contribution in [0.15, 0.2) is 9.64 Å². The average molecular weight is 461 g/mol. The number of Topliss-reactive ketones (excluding diaryl/α,β-unsaturated/α-hetero) is 1. The normalized spacial score (nSPS) is 16.4. The van der Waals surface area contributed by atoms with Crippen LogP contribution in [0.4, 0.5) is 0 Å². The summed E-state index contributed by atoms with van der Waals surface area (Å²) in [6, 6.07) is -0.627. The number of amides is 1. The van der Waals surface area contributed by atoms with E-state index in [2.05, 4.69) is 34.3 Å². The molecule has 1 atom stereocenters. The summed E-state index contributed by atoms with van der Waals surface area (Å²) in [7, 11) is 4.02. The van der Waals surface area contributed by atoms with Gasteiger partial charge in [-0.25, -0.2) is 0 Å². The molecule has 1 N–H and O–H groups in total. The lowest BCUT2D eigenvalue weighted by Crippen LogP contribution is -2.45. The number of hydrogen-bond donors (Lipinski definition) is 1. The van der Waals surface area contributed by atoms with Crippen molar-refractivity contribution in [3.63, 3.8) is 0 Å². The van der Waals surface area contributed by atoms with Crippen molar-refractivity contribution in [2.75, 3.05) is 20.6 Å².